The molecule has 2 N–H and O–H groups in total. The van der Waals surface area contributed by atoms with Crippen LogP contribution >= 0.6 is 0 Å². The average Bonchev–Trinajstić information content (AvgIpc) is 2.87. The van der Waals surface area contributed by atoms with E-state index in [9.17, 15) is 4.79 Å². The highest BCUT2D eigenvalue weighted by Crippen LogP contribution is 2.13. The van der Waals surface area contributed by atoms with E-state index in [0.717, 1.165) is 23.2 Å². The van der Waals surface area contributed by atoms with Crippen LogP contribution in [0.5, 0.6) is 0 Å². The minimum Gasteiger partial charge on any atom is -0.472 e. The Kier molecular flexibility index (Phi) is 4.23. The number of anilines is 1. The monoisotopic (exact) mass is 258 g/mol. The molecule has 0 fully saturated rings. The van der Waals surface area contributed by atoms with Gasteiger partial charge in [0.1, 0.15) is 0 Å². The Morgan fingerprint density at radius 1 is 1.21 bits per heavy atom. The van der Waals surface area contributed by atoms with Crippen LogP contribution in [0.4, 0.5) is 10.5 Å². The van der Waals surface area contributed by atoms with Gasteiger partial charge in [-0.25, -0.2) is 4.79 Å². The fraction of sp³-hybridized carbons (Fsp3) is 0.267. The number of carbonyl (C=O) groups excluding carboxylic acids is 1. The van der Waals surface area contributed by atoms with Gasteiger partial charge in [-0.15, -0.1) is 0 Å². The molecule has 0 bridgehead atoms. The van der Waals surface area contributed by atoms with Crippen LogP contribution in [0.1, 0.15) is 16.7 Å². The van der Waals surface area contributed by atoms with Gasteiger partial charge in [0.25, 0.3) is 0 Å². The van der Waals surface area contributed by atoms with Crippen molar-refractivity contribution in [1.82, 2.24) is 5.32 Å². The molecular formula is C15H18N2O2. The highest BCUT2D eigenvalue weighted by atomic mass is 16.3. The van der Waals surface area contributed by atoms with Crippen molar-refractivity contribution in [1.29, 1.82) is 0 Å². The Bertz CT molecular complexity index is 547. The molecule has 0 saturated heterocycles. The van der Waals surface area contributed by atoms with E-state index < -0.39 is 0 Å². The smallest absolute Gasteiger partial charge is 0.319 e. The van der Waals surface area contributed by atoms with E-state index >= 15 is 0 Å². The molecule has 0 atom stereocenters. The van der Waals surface area contributed by atoms with E-state index in [4.69, 9.17) is 4.42 Å². The molecule has 1 aromatic heterocycles. The number of furan rings is 1. The lowest BCUT2D eigenvalue weighted by Gasteiger charge is -2.08. The molecule has 0 saturated carbocycles. The normalized spacial score (nSPS) is 10.2. The standard InChI is InChI=1S/C15H18N2O2/c1-11-3-4-14(9-12(11)2)17-15(18)16-7-5-13-6-8-19-10-13/h3-4,6,8-10H,5,7H2,1-2H3,(H2,16,17,18). The Hall–Kier alpha value is -2.23. The first-order chi connectivity index (χ1) is 9.15. The topological polar surface area (TPSA) is 54.3 Å². The van der Waals surface area contributed by atoms with E-state index in [1.54, 1.807) is 12.5 Å². The summed E-state index contributed by atoms with van der Waals surface area (Å²) >= 11 is 0. The fourth-order valence-corrected chi connectivity index (χ4v) is 1.75. The van der Waals surface area contributed by atoms with Gasteiger partial charge in [0.05, 0.1) is 12.5 Å². The Balaban J connectivity index is 1.79. The lowest BCUT2D eigenvalue weighted by molar-refractivity contribution is 0.252. The molecule has 4 nitrogen and oxygen atoms in total. The zero-order chi connectivity index (χ0) is 13.7. The SMILES string of the molecule is Cc1ccc(NC(=O)NCCc2ccoc2)cc1C. The van der Waals surface area contributed by atoms with Gasteiger partial charge in [0.15, 0.2) is 0 Å². The minimum absolute atomic E-state index is 0.188. The Labute approximate surface area is 112 Å². The maximum atomic E-state index is 11.7. The predicted molar refractivity (Wildman–Crippen MR) is 75.3 cm³/mol. The molecule has 0 aliphatic rings. The van der Waals surface area contributed by atoms with Crippen LogP contribution in [0, 0.1) is 13.8 Å². The molecule has 0 unspecified atom stereocenters. The number of urea groups is 1. The van der Waals surface area contributed by atoms with Gasteiger partial charge >= 0.3 is 6.03 Å². The first kappa shape index (κ1) is 13.2. The summed E-state index contributed by atoms with van der Waals surface area (Å²) in [7, 11) is 0. The Morgan fingerprint density at radius 2 is 2.05 bits per heavy atom. The van der Waals surface area contributed by atoms with E-state index in [1.807, 2.05) is 38.1 Å². The number of nitrogens with one attached hydrogen (secondary N) is 2. The minimum atomic E-state index is -0.188. The van der Waals surface area contributed by atoms with Crippen LogP contribution < -0.4 is 10.6 Å². The summed E-state index contributed by atoms with van der Waals surface area (Å²) in [5.74, 6) is 0. The lowest BCUT2D eigenvalue weighted by Crippen LogP contribution is -2.30. The molecule has 0 aliphatic carbocycles. The number of rotatable bonds is 4. The third-order valence-electron chi connectivity index (χ3n) is 3.04. The summed E-state index contributed by atoms with van der Waals surface area (Å²) in [6.45, 7) is 4.65. The van der Waals surface area contributed by atoms with Crippen LogP contribution in [0.25, 0.3) is 0 Å². The van der Waals surface area contributed by atoms with E-state index in [2.05, 4.69) is 10.6 Å². The van der Waals surface area contributed by atoms with Crippen molar-refractivity contribution in [3.05, 3.63) is 53.5 Å². The highest BCUT2D eigenvalue weighted by molar-refractivity contribution is 5.89. The predicted octanol–water partition coefficient (Wildman–Crippen LogP) is 3.26. The van der Waals surface area contributed by atoms with Gasteiger partial charge in [-0.1, -0.05) is 6.07 Å². The maximum absolute atomic E-state index is 11.7. The third kappa shape index (κ3) is 3.88. The van der Waals surface area contributed by atoms with Crippen LogP contribution in [0.2, 0.25) is 0 Å². The third-order valence-corrected chi connectivity index (χ3v) is 3.04. The van der Waals surface area contributed by atoms with Crippen LogP contribution in [0.15, 0.2) is 41.2 Å². The van der Waals surface area contributed by atoms with Gasteiger partial charge < -0.3 is 15.1 Å². The van der Waals surface area contributed by atoms with Crippen molar-refractivity contribution in [2.24, 2.45) is 0 Å². The van der Waals surface area contributed by atoms with Crippen LogP contribution in [0.3, 0.4) is 0 Å². The number of hydrogen-bond acceptors (Lipinski definition) is 2. The average molecular weight is 258 g/mol. The van der Waals surface area contributed by atoms with Crippen molar-refractivity contribution in [2.75, 3.05) is 11.9 Å². The number of carbonyl (C=O) groups is 1. The zero-order valence-corrected chi connectivity index (χ0v) is 11.2. The number of aryl methyl sites for hydroxylation is 2. The second-order valence-corrected chi connectivity index (χ2v) is 4.56. The molecule has 1 aromatic carbocycles. The molecule has 2 rings (SSSR count). The fourth-order valence-electron chi connectivity index (χ4n) is 1.75. The molecule has 0 aliphatic heterocycles. The largest absolute Gasteiger partial charge is 0.472 e. The summed E-state index contributed by atoms with van der Waals surface area (Å²) < 4.78 is 4.96. The summed E-state index contributed by atoms with van der Waals surface area (Å²) in [5, 5.41) is 5.63. The summed E-state index contributed by atoms with van der Waals surface area (Å²) in [5.41, 5.74) is 4.26. The van der Waals surface area contributed by atoms with Gasteiger partial charge in [-0.3, -0.25) is 0 Å². The second kappa shape index (κ2) is 6.09. The van der Waals surface area contributed by atoms with Gasteiger partial charge in [0, 0.05) is 12.2 Å². The zero-order valence-electron chi connectivity index (χ0n) is 11.2. The van der Waals surface area contributed by atoms with Crippen molar-refractivity contribution < 1.29 is 9.21 Å². The molecule has 4 heteroatoms. The van der Waals surface area contributed by atoms with Gasteiger partial charge in [0.2, 0.25) is 0 Å². The van der Waals surface area contributed by atoms with Crippen LogP contribution in [-0.4, -0.2) is 12.6 Å². The van der Waals surface area contributed by atoms with Crippen molar-refractivity contribution in [2.45, 2.75) is 20.3 Å². The van der Waals surface area contributed by atoms with E-state index in [-0.39, 0.29) is 6.03 Å². The first-order valence-corrected chi connectivity index (χ1v) is 6.28. The highest BCUT2D eigenvalue weighted by Gasteiger charge is 2.02. The Morgan fingerprint density at radius 3 is 2.74 bits per heavy atom. The maximum Gasteiger partial charge on any atom is 0.319 e. The molecule has 100 valence electrons. The first-order valence-electron chi connectivity index (χ1n) is 6.28. The van der Waals surface area contributed by atoms with Crippen molar-refractivity contribution >= 4 is 11.7 Å². The van der Waals surface area contributed by atoms with Gasteiger partial charge in [-0.05, 0) is 55.2 Å². The molecule has 0 spiro atoms. The van der Waals surface area contributed by atoms with Gasteiger partial charge in [-0.2, -0.15) is 0 Å². The summed E-state index contributed by atoms with van der Waals surface area (Å²) in [4.78, 5) is 11.7. The molecule has 2 amide bonds. The molecule has 2 aromatic rings. The summed E-state index contributed by atoms with van der Waals surface area (Å²) in [6, 6.07) is 7.56. The molecule has 0 radical (unpaired) electrons. The summed E-state index contributed by atoms with van der Waals surface area (Å²) in [6.07, 6.45) is 4.07. The molecule has 1 heterocycles. The quantitative estimate of drug-likeness (QED) is 0.884. The molecular weight excluding hydrogens is 240 g/mol. The van der Waals surface area contributed by atoms with Crippen LogP contribution in [-0.2, 0) is 6.42 Å². The van der Waals surface area contributed by atoms with Crippen molar-refractivity contribution in [3.63, 3.8) is 0 Å². The second-order valence-electron chi connectivity index (χ2n) is 4.56. The molecule has 19 heavy (non-hydrogen) atoms. The lowest BCUT2D eigenvalue weighted by atomic mass is 10.1. The van der Waals surface area contributed by atoms with E-state index in [0.29, 0.717) is 6.54 Å². The number of benzene rings is 1. The van der Waals surface area contributed by atoms with Crippen molar-refractivity contribution in [3.8, 4) is 0 Å². The van der Waals surface area contributed by atoms with E-state index in [1.165, 1.54) is 5.56 Å². The number of hydrogen-bond donors (Lipinski definition) is 2. The number of amides is 2.